The van der Waals surface area contributed by atoms with E-state index in [0.29, 0.717) is 11.4 Å². The summed E-state index contributed by atoms with van der Waals surface area (Å²) in [6, 6.07) is 6.26. The van der Waals surface area contributed by atoms with Gasteiger partial charge in [-0.25, -0.2) is 4.79 Å². The van der Waals surface area contributed by atoms with Gasteiger partial charge in [-0.1, -0.05) is 6.07 Å². The Kier molecular flexibility index (Phi) is 4.15. The Balaban J connectivity index is 0.00000121. The van der Waals surface area contributed by atoms with Crippen LogP contribution in [-0.2, 0) is 4.79 Å². The van der Waals surface area contributed by atoms with Crippen molar-refractivity contribution in [3.63, 3.8) is 0 Å². The molecule has 12 heavy (non-hydrogen) atoms. The van der Waals surface area contributed by atoms with E-state index in [2.05, 4.69) is 4.99 Å². The molecule has 0 amide bonds. The zero-order chi connectivity index (χ0) is 8.10. The van der Waals surface area contributed by atoms with Gasteiger partial charge in [-0.3, -0.25) is 0 Å². The summed E-state index contributed by atoms with van der Waals surface area (Å²) < 4.78 is 0. The van der Waals surface area contributed by atoms with E-state index in [1.165, 1.54) is 12.1 Å². The molecule has 62 valence electrons. The Hall–Kier alpha value is -1.84. The van der Waals surface area contributed by atoms with Crippen molar-refractivity contribution < 1.29 is 15.4 Å². The van der Waals surface area contributed by atoms with E-state index in [4.69, 9.17) is 0 Å². The number of carbonyl (C=O) groups excluding carboxylic acids is 1. The molecule has 0 aliphatic heterocycles. The zero-order valence-corrected chi connectivity index (χ0v) is 6.02. The van der Waals surface area contributed by atoms with E-state index in [1.54, 1.807) is 23.4 Å². The maximum atomic E-state index is 10.1. The normalized spacial score (nSPS) is 7.67. The fourth-order valence-corrected chi connectivity index (χ4v) is 0.692. The lowest BCUT2D eigenvalue weighted by Crippen LogP contribution is -2.55. The molecule has 0 atom stereocenters. The summed E-state index contributed by atoms with van der Waals surface area (Å²) in [5.41, 5.74) is 0.794. The van der Waals surface area contributed by atoms with Crippen molar-refractivity contribution in [2.45, 2.75) is 0 Å². The predicted octanol–water partition coefficient (Wildman–Crippen LogP) is -0.0444. The number of benzene rings is 1. The first-order valence-electron chi connectivity index (χ1n) is 2.93. The molecule has 0 aliphatic rings. The van der Waals surface area contributed by atoms with Gasteiger partial charge in [0.2, 0.25) is 6.08 Å². The molecule has 1 rings (SSSR count). The minimum Gasteiger partial charge on any atom is -0.870 e. The summed E-state index contributed by atoms with van der Waals surface area (Å²) in [7, 11) is 0. The van der Waals surface area contributed by atoms with Crippen LogP contribution in [0.5, 0.6) is 0 Å². The minimum absolute atomic E-state index is 0. The standard InChI is InChI=1S/C7H4N2O2.H2O/c10-5-8-6-2-1-3-7(4-6)9-11;/h1-4H;1H2. The average Bonchev–Trinajstić information content (AvgIpc) is 2.06. The largest absolute Gasteiger partial charge is 0.870 e. The number of nitroso groups, excluding NO2 is 1. The third-order valence-corrected chi connectivity index (χ3v) is 1.14. The van der Waals surface area contributed by atoms with Crippen molar-refractivity contribution in [2.24, 2.45) is 4.99 Å². The van der Waals surface area contributed by atoms with Gasteiger partial charge in [0.05, 0.1) is 5.69 Å². The van der Waals surface area contributed by atoms with Crippen LogP contribution in [-0.4, -0.2) is 11.6 Å². The molecule has 1 aromatic carbocycles. The molecule has 0 spiro atoms. The van der Waals surface area contributed by atoms with Gasteiger partial charge < -0.3 is 5.48 Å². The lowest BCUT2D eigenvalue weighted by Gasteiger charge is -1.84. The second kappa shape index (κ2) is 4.90. The molecule has 0 fully saturated rings. The highest BCUT2D eigenvalue weighted by atomic mass is 16.3. The molecule has 2 N–H and O–H groups in total. The molecule has 0 saturated heterocycles. The summed E-state index contributed by atoms with van der Waals surface area (Å²) >= 11 is 0. The first-order valence-corrected chi connectivity index (χ1v) is 2.93. The van der Waals surface area contributed by atoms with Gasteiger partial charge in [0, 0.05) is 22.2 Å². The van der Waals surface area contributed by atoms with E-state index < -0.39 is 0 Å². The Morgan fingerprint density at radius 2 is 2.17 bits per heavy atom. The van der Waals surface area contributed by atoms with Crippen molar-refractivity contribution >= 4 is 17.5 Å². The van der Waals surface area contributed by atoms with Crippen LogP contribution in [0, 0.1) is 4.91 Å². The summed E-state index contributed by atoms with van der Waals surface area (Å²) in [6.45, 7) is 0. The van der Waals surface area contributed by atoms with Crippen LogP contribution >= 0.6 is 0 Å². The van der Waals surface area contributed by atoms with Gasteiger partial charge in [0.15, 0.2) is 0 Å². The number of aliphatic imine (C=N–C) groups is 1. The molecule has 0 bridgehead atoms. The van der Waals surface area contributed by atoms with E-state index in [-0.39, 0.29) is 5.48 Å². The topological polar surface area (TPSA) is 90.5 Å². The summed E-state index contributed by atoms with van der Waals surface area (Å²) in [4.78, 5) is 23.2. The number of nitrogens with one attached hydrogen (secondary N) is 1. The van der Waals surface area contributed by atoms with E-state index in [1.807, 2.05) is 0 Å². The number of rotatable bonds is 2. The molecule has 0 radical (unpaired) electrons. The first kappa shape index (κ1) is 10.2. The van der Waals surface area contributed by atoms with Crippen LogP contribution in [0.1, 0.15) is 0 Å². The number of isocyanates is 1. The van der Waals surface area contributed by atoms with Gasteiger partial charge in [-0.05, 0) is 6.07 Å². The Morgan fingerprint density at radius 1 is 1.42 bits per heavy atom. The maximum absolute atomic E-state index is 10.1. The van der Waals surface area contributed by atoms with Crippen LogP contribution in [0.25, 0.3) is 0 Å². The van der Waals surface area contributed by atoms with Gasteiger partial charge in [0.1, 0.15) is 0 Å². The van der Waals surface area contributed by atoms with Crippen LogP contribution < -0.4 is 5.18 Å². The van der Waals surface area contributed by atoms with Gasteiger partial charge in [-0.2, -0.15) is 4.99 Å². The SMILES string of the molecule is O=C=Nc1cccc([NH+]=O)c1.[OH-]. The Morgan fingerprint density at radius 3 is 2.75 bits per heavy atom. The molecule has 5 nitrogen and oxygen atoms in total. The van der Waals surface area contributed by atoms with Crippen molar-refractivity contribution in [2.75, 3.05) is 0 Å². The smallest absolute Gasteiger partial charge is 0.255 e. The monoisotopic (exact) mass is 166 g/mol. The maximum Gasteiger partial charge on any atom is 0.255 e. The molecule has 0 aliphatic carbocycles. The highest BCUT2D eigenvalue weighted by molar-refractivity contribution is 5.52. The zero-order valence-electron chi connectivity index (χ0n) is 6.02. The third kappa shape index (κ3) is 2.42. The Labute approximate surface area is 68.0 Å². The molecule has 0 aromatic heterocycles. The van der Waals surface area contributed by atoms with Crippen molar-refractivity contribution in [3.8, 4) is 0 Å². The predicted molar refractivity (Wildman–Crippen MR) is 40.1 cm³/mol. The highest BCUT2D eigenvalue weighted by Gasteiger charge is 1.97. The summed E-state index contributed by atoms with van der Waals surface area (Å²) in [5, 5.41) is 1.69. The number of hydrogen-bond donors (Lipinski definition) is 1. The minimum atomic E-state index is 0. The molecule has 0 unspecified atom stereocenters. The quantitative estimate of drug-likeness (QED) is 0.493. The second-order valence-corrected chi connectivity index (χ2v) is 1.86. The van der Waals surface area contributed by atoms with Gasteiger partial charge in [0.25, 0.3) is 5.69 Å². The molecule has 1 aromatic rings. The third-order valence-electron chi connectivity index (χ3n) is 1.14. The van der Waals surface area contributed by atoms with E-state index in [9.17, 15) is 9.70 Å². The van der Waals surface area contributed by atoms with Crippen LogP contribution in [0.2, 0.25) is 0 Å². The molecular weight excluding hydrogens is 160 g/mol. The van der Waals surface area contributed by atoms with Crippen molar-refractivity contribution in [1.29, 1.82) is 0 Å². The fourth-order valence-electron chi connectivity index (χ4n) is 0.692. The lowest BCUT2D eigenvalue weighted by molar-refractivity contribution is -0.379. The van der Waals surface area contributed by atoms with Gasteiger partial charge >= 0.3 is 0 Å². The van der Waals surface area contributed by atoms with Crippen molar-refractivity contribution in [3.05, 3.63) is 29.2 Å². The Bertz CT molecular complexity index is 318. The molecule has 5 heteroatoms. The number of nitrogens with zero attached hydrogens (tertiary/aromatic N) is 1. The molecule has 0 heterocycles. The average molecular weight is 166 g/mol. The second-order valence-electron chi connectivity index (χ2n) is 1.86. The van der Waals surface area contributed by atoms with E-state index in [0.717, 1.165) is 0 Å². The summed E-state index contributed by atoms with van der Waals surface area (Å²) in [6.07, 6.45) is 1.38. The van der Waals surface area contributed by atoms with Crippen LogP contribution in [0.4, 0.5) is 11.4 Å². The lowest BCUT2D eigenvalue weighted by atomic mass is 10.3. The van der Waals surface area contributed by atoms with Gasteiger partial charge in [-0.15, -0.1) is 0 Å². The fraction of sp³-hybridized carbons (Fsp3) is 0. The number of hydrogen-bond acceptors (Lipinski definition) is 4. The van der Waals surface area contributed by atoms with E-state index >= 15 is 0 Å². The van der Waals surface area contributed by atoms with Crippen LogP contribution in [0.15, 0.2) is 29.3 Å². The highest BCUT2D eigenvalue weighted by Crippen LogP contribution is 2.12. The first-order chi connectivity index (χ1) is 5.36. The van der Waals surface area contributed by atoms with Crippen molar-refractivity contribution in [1.82, 2.24) is 0 Å². The summed E-state index contributed by atoms with van der Waals surface area (Å²) in [5.74, 6) is 0. The van der Waals surface area contributed by atoms with Crippen LogP contribution in [0.3, 0.4) is 0 Å². The molecular formula is C7H6N2O3. The molecule has 0 saturated carbocycles.